The summed E-state index contributed by atoms with van der Waals surface area (Å²) in [5, 5.41) is 8.92. The van der Waals surface area contributed by atoms with E-state index >= 15 is 0 Å². The van der Waals surface area contributed by atoms with E-state index in [1.54, 1.807) is 28.4 Å². The van der Waals surface area contributed by atoms with Crippen molar-refractivity contribution in [3.63, 3.8) is 0 Å². The standard InChI is InChI=1S/C12H13N3O3S/c1-3-15-9(4-6-13-15)10(16)14-11-8(5-7-19-11)12(17)18-2/h4-7H,3H2,1-2H3,(H,14,16). The van der Waals surface area contributed by atoms with E-state index in [9.17, 15) is 9.59 Å². The molecule has 0 unspecified atom stereocenters. The Balaban J connectivity index is 2.20. The SMILES string of the molecule is CCn1nccc1C(=O)Nc1sccc1C(=O)OC. The molecule has 0 aliphatic rings. The second-order valence-corrected chi connectivity index (χ2v) is 4.56. The molecule has 0 aliphatic carbocycles. The molecular weight excluding hydrogens is 266 g/mol. The molecule has 2 rings (SSSR count). The summed E-state index contributed by atoms with van der Waals surface area (Å²) in [6.07, 6.45) is 1.56. The number of aromatic nitrogens is 2. The summed E-state index contributed by atoms with van der Waals surface area (Å²) >= 11 is 1.27. The number of nitrogens with one attached hydrogen (secondary N) is 1. The Morgan fingerprint density at radius 3 is 2.95 bits per heavy atom. The molecule has 100 valence electrons. The number of methoxy groups -OCH3 is 1. The number of carbonyl (C=O) groups is 2. The van der Waals surface area contributed by atoms with Crippen LogP contribution in [0, 0.1) is 0 Å². The van der Waals surface area contributed by atoms with Crippen LogP contribution in [-0.4, -0.2) is 28.8 Å². The first-order valence-corrected chi connectivity index (χ1v) is 6.54. The highest BCUT2D eigenvalue weighted by Crippen LogP contribution is 2.24. The van der Waals surface area contributed by atoms with Crippen LogP contribution in [0.5, 0.6) is 0 Å². The van der Waals surface area contributed by atoms with Crippen molar-refractivity contribution in [1.82, 2.24) is 9.78 Å². The highest BCUT2D eigenvalue weighted by atomic mass is 32.1. The predicted octanol–water partition coefficient (Wildman–Crippen LogP) is 2.00. The second-order valence-electron chi connectivity index (χ2n) is 3.64. The number of nitrogens with zero attached hydrogens (tertiary/aromatic N) is 2. The lowest BCUT2D eigenvalue weighted by atomic mass is 10.3. The van der Waals surface area contributed by atoms with Crippen molar-refractivity contribution in [2.75, 3.05) is 12.4 Å². The van der Waals surface area contributed by atoms with E-state index in [-0.39, 0.29) is 5.91 Å². The molecule has 2 heterocycles. The van der Waals surface area contributed by atoms with Gasteiger partial charge in [0.15, 0.2) is 0 Å². The van der Waals surface area contributed by atoms with E-state index in [1.807, 2.05) is 6.92 Å². The highest BCUT2D eigenvalue weighted by molar-refractivity contribution is 7.14. The molecule has 2 aromatic heterocycles. The van der Waals surface area contributed by atoms with Gasteiger partial charge in [-0.3, -0.25) is 9.48 Å². The van der Waals surface area contributed by atoms with Crippen molar-refractivity contribution in [3.05, 3.63) is 35.0 Å². The van der Waals surface area contributed by atoms with Crippen LogP contribution in [0.1, 0.15) is 27.8 Å². The van der Waals surface area contributed by atoms with Gasteiger partial charge in [-0.1, -0.05) is 0 Å². The lowest BCUT2D eigenvalue weighted by molar-refractivity contribution is 0.0602. The molecular formula is C12H13N3O3S. The van der Waals surface area contributed by atoms with Crippen molar-refractivity contribution < 1.29 is 14.3 Å². The van der Waals surface area contributed by atoms with Gasteiger partial charge in [0.25, 0.3) is 5.91 Å². The third-order valence-corrected chi connectivity index (χ3v) is 3.38. The maximum absolute atomic E-state index is 12.1. The Labute approximate surface area is 114 Å². The zero-order valence-corrected chi connectivity index (χ0v) is 11.4. The zero-order valence-electron chi connectivity index (χ0n) is 10.5. The Bertz CT molecular complexity index is 603. The van der Waals surface area contributed by atoms with Crippen molar-refractivity contribution >= 4 is 28.2 Å². The molecule has 6 nitrogen and oxygen atoms in total. The third-order valence-electron chi connectivity index (χ3n) is 2.55. The van der Waals surface area contributed by atoms with E-state index in [0.717, 1.165) is 0 Å². The number of hydrogen-bond donors (Lipinski definition) is 1. The summed E-state index contributed by atoms with van der Waals surface area (Å²) in [5.41, 5.74) is 0.801. The minimum absolute atomic E-state index is 0.299. The molecule has 19 heavy (non-hydrogen) atoms. The van der Waals surface area contributed by atoms with Gasteiger partial charge in [0.1, 0.15) is 10.7 Å². The third kappa shape index (κ3) is 2.65. The molecule has 0 atom stereocenters. The first kappa shape index (κ1) is 13.3. The van der Waals surface area contributed by atoms with Gasteiger partial charge in [-0.25, -0.2) is 4.79 Å². The molecule has 0 saturated carbocycles. The average Bonchev–Trinajstić information content (AvgIpc) is 3.05. The largest absolute Gasteiger partial charge is 0.465 e. The van der Waals surface area contributed by atoms with E-state index in [1.165, 1.54) is 18.4 Å². The molecule has 1 N–H and O–H groups in total. The van der Waals surface area contributed by atoms with Gasteiger partial charge in [0.2, 0.25) is 0 Å². The van der Waals surface area contributed by atoms with E-state index in [0.29, 0.717) is 22.8 Å². The number of hydrogen-bond acceptors (Lipinski definition) is 5. The highest BCUT2D eigenvalue weighted by Gasteiger charge is 2.17. The number of amides is 1. The van der Waals surface area contributed by atoms with Crippen molar-refractivity contribution in [2.24, 2.45) is 0 Å². The Kier molecular flexibility index (Phi) is 3.96. The quantitative estimate of drug-likeness (QED) is 0.869. The lowest BCUT2D eigenvalue weighted by Crippen LogP contribution is -2.18. The smallest absolute Gasteiger partial charge is 0.340 e. The van der Waals surface area contributed by atoms with Gasteiger partial charge >= 0.3 is 5.97 Å². The molecule has 0 saturated heterocycles. The molecule has 0 spiro atoms. The Morgan fingerprint density at radius 1 is 1.47 bits per heavy atom. The first-order chi connectivity index (χ1) is 9.17. The Morgan fingerprint density at radius 2 is 2.26 bits per heavy atom. The fourth-order valence-corrected chi connectivity index (χ4v) is 2.39. The summed E-state index contributed by atoms with van der Waals surface area (Å²) < 4.78 is 6.24. The fraction of sp³-hybridized carbons (Fsp3) is 0.250. The second kappa shape index (κ2) is 5.66. The lowest BCUT2D eigenvalue weighted by Gasteiger charge is -2.06. The average molecular weight is 279 g/mol. The summed E-state index contributed by atoms with van der Waals surface area (Å²) in [4.78, 5) is 23.6. The molecule has 1 amide bonds. The van der Waals surface area contributed by atoms with Crippen LogP contribution in [0.3, 0.4) is 0 Å². The number of esters is 1. The van der Waals surface area contributed by atoms with E-state index < -0.39 is 5.97 Å². The minimum atomic E-state index is -0.472. The zero-order chi connectivity index (χ0) is 13.8. The maximum atomic E-state index is 12.1. The van der Waals surface area contributed by atoms with Crippen LogP contribution in [0.4, 0.5) is 5.00 Å². The van der Waals surface area contributed by atoms with Gasteiger partial charge < -0.3 is 10.1 Å². The number of carbonyl (C=O) groups excluding carboxylic acids is 2. The molecule has 0 aliphatic heterocycles. The Hall–Kier alpha value is -2.15. The first-order valence-electron chi connectivity index (χ1n) is 5.66. The molecule has 2 aromatic rings. The number of ether oxygens (including phenoxy) is 1. The summed E-state index contributed by atoms with van der Waals surface area (Å²) in [6.45, 7) is 2.50. The number of anilines is 1. The van der Waals surface area contributed by atoms with Gasteiger partial charge in [0.05, 0.1) is 12.7 Å². The van der Waals surface area contributed by atoms with Gasteiger partial charge in [-0.05, 0) is 24.4 Å². The molecule has 0 aromatic carbocycles. The molecule has 0 radical (unpaired) electrons. The molecule has 0 bridgehead atoms. The minimum Gasteiger partial charge on any atom is -0.465 e. The number of rotatable bonds is 4. The monoisotopic (exact) mass is 279 g/mol. The van der Waals surface area contributed by atoms with Crippen LogP contribution in [0.15, 0.2) is 23.7 Å². The van der Waals surface area contributed by atoms with Crippen LogP contribution in [0.25, 0.3) is 0 Å². The maximum Gasteiger partial charge on any atom is 0.340 e. The summed E-state index contributed by atoms with van der Waals surface area (Å²) in [5.74, 6) is -0.771. The normalized spacial score (nSPS) is 10.2. The van der Waals surface area contributed by atoms with Crippen LogP contribution in [0.2, 0.25) is 0 Å². The van der Waals surface area contributed by atoms with Crippen LogP contribution < -0.4 is 5.32 Å². The fourth-order valence-electron chi connectivity index (χ4n) is 1.62. The van der Waals surface area contributed by atoms with Gasteiger partial charge in [-0.2, -0.15) is 5.10 Å². The van der Waals surface area contributed by atoms with Crippen molar-refractivity contribution in [1.29, 1.82) is 0 Å². The van der Waals surface area contributed by atoms with E-state index in [4.69, 9.17) is 0 Å². The van der Waals surface area contributed by atoms with Crippen LogP contribution in [-0.2, 0) is 11.3 Å². The molecule has 0 fully saturated rings. The van der Waals surface area contributed by atoms with Crippen LogP contribution >= 0.6 is 11.3 Å². The predicted molar refractivity (Wildman–Crippen MR) is 71.5 cm³/mol. The topological polar surface area (TPSA) is 73.2 Å². The summed E-state index contributed by atoms with van der Waals surface area (Å²) in [7, 11) is 1.30. The van der Waals surface area contributed by atoms with Crippen molar-refractivity contribution in [3.8, 4) is 0 Å². The van der Waals surface area contributed by atoms with Crippen molar-refractivity contribution in [2.45, 2.75) is 13.5 Å². The number of aryl methyl sites for hydroxylation is 1. The van der Waals surface area contributed by atoms with Gasteiger partial charge in [-0.15, -0.1) is 11.3 Å². The summed E-state index contributed by atoms with van der Waals surface area (Å²) in [6, 6.07) is 3.24. The van der Waals surface area contributed by atoms with Gasteiger partial charge in [0, 0.05) is 12.7 Å². The van der Waals surface area contributed by atoms with E-state index in [2.05, 4.69) is 15.2 Å². The molecule has 7 heteroatoms. The number of thiophene rings is 1.